The standard InChI is InChI=1S/C18H19N3O5S/c1-12-5-4-6-15(17(12)21(23)24)18(22)20-10-9-13-11-14(7-8-16(13)20)27(25,26)19(2)3/h4-8,11H,9-10H2,1-3H3. The number of carbonyl (C=O) groups is 1. The number of rotatable bonds is 4. The first kappa shape index (κ1) is 19.0. The highest BCUT2D eigenvalue weighted by Crippen LogP contribution is 2.34. The lowest BCUT2D eigenvalue weighted by Crippen LogP contribution is -2.29. The summed E-state index contributed by atoms with van der Waals surface area (Å²) in [5.41, 5.74) is 1.54. The van der Waals surface area contributed by atoms with Crippen molar-refractivity contribution in [2.24, 2.45) is 0 Å². The van der Waals surface area contributed by atoms with E-state index in [2.05, 4.69) is 0 Å². The Hall–Kier alpha value is -2.78. The van der Waals surface area contributed by atoms with Crippen molar-refractivity contribution in [3.63, 3.8) is 0 Å². The molecule has 0 fully saturated rings. The SMILES string of the molecule is Cc1cccc(C(=O)N2CCc3cc(S(=O)(=O)N(C)C)ccc32)c1[N+](=O)[O-]. The minimum Gasteiger partial charge on any atom is -0.308 e. The van der Waals surface area contributed by atoms with Crippen LogP contribution in [0, 0.1) is 17.0 Å². The molecule has 2 aromatic carbocycles. The molecule has 0 saturated heterocycles. The summed E-state index contributed by atoms with van der Waals surface area (Å²) in [6.07, 6.45) is 0.484. The number of sulfonamides is 1. The fourth-order valence-electron chi connectivity index (χ4n) is 3.18. The van der Waals surface area contributed by atoms with Gasteiger partial charge in [-0.1, -0.05) is 12.1 Å². The molecule has 8 nitrogen and oxygen atoms in total. The van der Waals surface area contributed by atoms with Crippen LogP contribution in [0.1, 0.15) is 21.5 Å². The van der Waals surface area contributed by atoms with Crippen molar-refractivity contribution in [3.05, 3.63) is 63.2 Å². The Morgan fingerprint density at radius 2 is 1.93 bits per heavy atom. The van der Waals surface area contributed by atoms with Crippen molar-refractivity contribution in [1.29, 1.82) is 0 Å². The molecular weight excluding hydrogens is 370 g/mol. The van der Waals surface area contributed by atoms with Gasteiger partial charge in [0.25, 0.3) is 11.6 Å². The van der Waals surface area contributed by atoms with Gasteiger partial charge in [0.05, 0.1) is 9.82 Å². The third kappa shape index (κ3) is 3.19. The zero-order valence-electron chi connectivity index (χ0n) is 15.2. The molecule has 0 atom stereocenters. The second kappa shape index (κ2) is 6.75. The van der Waals surface area contributed by atoms with Crippen molar-refractivity contribution in [2.75, 3.05) is 25.5 Å². The van der Waals surface area contributed by atoms with Crippen LogP contribution < -0.4 is 4.90 Å². The van der Waals surface area contributed by atoms with Gasteiger partial charge < -0.3 is 4.90 Å². The van der Waals surface area contributed by atoms with Gasteiger partial charge in [-0.15, -0.1) is 0 Å². The Kier molecular flexibility index (Phi) is 4.75. The van der Waals surface area contributed by atoms with Crippen molar-refractivity contribution in [1.82, 2.24) is 4.31 Å². The second-order valence-electron chi connectivity index (χ2n) is 6.51. The van der Waals surface area contributed by atoms with E-state index in [1.165, 1.54) is 31.1 Å². The summed E-state index contributed by atoms with van der Waals surface area (Å²) in [4.78, 5) is 25.4. The molecule has 1 amide bonds. The largest absolute Gasteiger partial charge is 0.308 e. The number of nitro benzene ring substituents is 1. The number of nitrogens with zero attached hydrogens (tertiary/aromatic N) is 3. The predicted octanol–water partition coefficient (Wildman–Crippen LogP) is 2.36. The van der Waals surface area contributed by atoms with E-state index in [4.69, 9.17) is 0 Å². The molecule has 3 rings (SSSR count). The van der Waals surface area contributed by atoms with Crippen LogP contribution in [0.5, 0.6) is 0 Å². The van der Waals surface area contributed by atoms with Crippen LogP contribution in [0.2, 0.25) is 0 Å². The van der Waals surface area contributed by atoms with Crippen LogP contribution in [-0.4, -0.2) is 44.2 Å². The number of hydrogen-bond acceptors (Lipinski definition) is 5. The number of anilines is 1. The monoisotopic (exact) mass is 389 g/mol. The molecule has 1 heterocycles. The Morgan fingerprint density at radius 1 is 1.22 bits per heavy atom. The maximum absolute atomic E-state index is 13.0. The maximum Gasteiger partial charge on any atom is 0.285 e. The molecule has 0 saturated carbocycles. The quantitative estimate of drug-likeness (QED) is 0.590. The summed E-state index contributed by atoms with van der Waals surface area (Å²) in [6.45, 7) is 1.93. The molecule has 1 aliphatic heterocycles. The highest BCUT2D eigenvalue weighted by Gasteiger charge is 2.32. The minimum atomic E-state index is -3.57. The van der Waals surface area contributed by atoms with Gasteiger partial charge in [-0.05, 0) is 43.2 Å². The number of nitro groups is 1. The van der Waals surface area contributed by atoms with E-state index in [1.54, 1.807) is 31.2 Å². The first-order valence-corrected chi connectivity index (χ1v) is 9.70. The molecule has 27 heavy (non-hydrogen) atoms. The fraction of sp³-hybridized carbons (Fsp3) is 0.278. The third-order valence-corrected chi connectivity index (χ3v) is 6.43. The van der Waals surface area contributed by atoms with E-state index in [9.17, 15) is 23.3 Å². The van der Waals surface area contributed by atoms with Crippen LogP contribution in [0.4, 0.5) is 11.4 Å². The molecule has 0 unspecified atom stereocenters. The van der Waals surface area contributed by atoms with Gasteiger partial charge in [-0.25, -0.2) is 12.7 Å². The summed E-state index contributed by atoms with van der Waals surface area (Å²) < 4.78 is 25.7. The molecule has 0 aromatic heterocycles. The van der Waals surface area contributed by atoms with E-state index in [1.807, 2.05) is 0 Å². The second-order valence-corrected chi connectivity index (χ2v) is 8.66. The van der Waals surface area contributed by atoms with Gasteiger partial charge in [0.2, 0.25) is 10.0 Å². The summed E-state index contributed by atoms with van der Waals surface area (Å²) in [7, 11) is -0.664. The summed E-state index contributed by atoms with van der Waals surface area (Å²) in [5, 5.41) is 11.4. The van der Waals surface area contributed by atoms with Crippen molar-refractivity contribution < 1.29 is 18.1 Å². The number of aryl methyl sites for hydroxylation is 1. The van der Waals surface area contributed by atoms with Crippen LogP contribution in [-0.2, 0) is 16.4 Å². The van der Waals surface area contributed by atoms with Gasteiger partial charge >= 0.3 is 0 Å². The smallest absolute Gasteiger partial charge is 0.285 e. The molecule has 2 aromatic rings. The van der Waals surface area contributed by atoms with E-state index in [0.29, 0.717) is 24.2 Å². The number of benzene rings is 2. The Bertz CT molecular complexity index is 1050. The zero-order valence-corrected chi connectivity index (χ0v) is 16.0. The first-order valence-electron chi connectivity index (χ1n) is 8.26. The van der Waals surface area contributed by atoms with E-state index >= 15 is 0 Å². The topological polar surface area (TPSA) is 101 Å². The number of para-hydroxylation sites is 1. The van der Waals surface area contributed by atoms with Crippen molar-refractivity contribution in [3.8, 4) is 0 Å². The lowest BCUT2D eigenvalue weighted by atomic mass is 10.1. The van der Waals surface area contributed by atoms with E-state index < -0.39 is 20.9 Å². The summed E-state index contributed by atoms with van der Waals surface area (Å²) >= 11 is 0. The molecular formula is C18H19N3O5S. The molecule has 9 heteroatoms. The molecule has 142 valence electrons. The summed E-state index contributed by atoms with van der Waals surface area (Å²) in [5.74, 6) is -0.465. The van der Waals surface area contributed by atoms with Gasteiger partial charge in [-0.3, -0.25) is 14.9 Å². The predicted molar refractivity (Wildman–Crippen MR) is 101 cm³/mol. The van der Waals surface area contributed by atoms with Crippen LogP contribution in [0.15, 0.2) is 41.3 Å². The molecule has 0 aliphatic carbocycles. The molecule has 0 N–H and O–H groups in total. The number of hydrogen-bond donors (Lipinski definition) is 0. The van der Waals surface area contributed by atoms with Gasteiger partial charge in [0.1, 0.15) is 5.56 Å². The average molecular weight is 389 g/mol. The summed E-state index contributed by atoms with van der Waals surface area (Å²) in [6, 6.07) is 9.23. The fourth-order valence-corrected chi connectivity index (χ4v) is 4.13. The highest BCUT2D eigenvalue weighted by molar-refractivity contribution is 7.89. The van der Waals surface area contributed by atoms with Gasteiger partial charge in [-0.2, -0.15) is 0 Å². The lowest BCUT2D eigenvalue weighted by Gasteiger charge is -2.18. The van der Waals surface area contributed by atoms with Crippen molar-refractivity contribution >= 4 is 27.3 Å². The average Bonchev–Trinajstić information content (AvgIpc) is 3.03. The number of amides is 1. The Balaban J connectivity index is 2.01. The number of fused-ring (bicyclic) bond motifs is 1. The van der Waals surface area contributed by atoms with Gasteiger partial charge in [0.15, 0.2) is 0 Å². The Labute approximate surface area is 157 Å². The van der Waals surface area contributed by atoms with E-state index in [0.717, 1.165) is 9.87 Å². The normalized spacial score (nSPS) is 13.7. The molecule has 1 aliphatic rings. The Morgan fingerprint density at radius 3 is 2.56 bits per heavy atom. The third-order valence-electron chi connectivity index (χ3n) is 4.62. The van der Waals surface area contributed by atoms with E-state index in [-0.39, 0.29) is 16.1 Å². The number of carbonyl (C=O) groups excluding carboxylic acids is 1. The minimum absolute atomic E-state index is 0.0258. The zero-order chi connectivity index (χ0) is 19.9. The molecule has 0 spiro atoms. The van der Waals surface area contributed by atoms with Crippen LogP contribution >= 0.6 is 0 Å². The van der Waals surface area contributed by atoms with Crippen molar-refractivity contribution in [2.45, 2.75) is 18.2 Å². The van der Waals surface area contributed by atoms with Crippen LogP contribution in [0.3, 0.4) is 0 Å². The molecule has 0 bridgehead atoms. The first-order chi connectivity index (χ1) is 12.6. The molecule has 0 radical (unpaired) electrons. The lowest BCUT2D eigenvalue weighted by molar-refractivity contribution is -0.385. The maximum atomic E-state index is 13.0. The highest BCUT2D eigenvalue weighted by atomic mass is 32.2. The van der Waals surface area contributed by atoms with Crippen LogP contribution in [0.25, 0.3) is 0 Å². The van der Waals surface area contributed by atoms with Gasteiger partial charge in [0, 0.05) is 31.9 Å².